The summed E-state index contributed by atoms with van der Waals surface area (Å²) < 4.78 is 0. The van der Waals surface area contributed by atoms with Crippen LogP contribution in [-0.2, 0) is 14.4 Å². The fraction of sp³-hybridized carbons (Fsp3) is 0.731. The van der Waals surface area contributed by atoms with E-state index < -0.39 is 0 Å². The first-order valence-electron chi connectivity index (χ1n) is 12.0. The maximum Gasteiger partial charge on any atom is 0.155 e. The van der Waals surface area contributed by atoms with Gasteiger partial charge in [-0.05, 0) is 57.1 Å². The van der Waals surface area contributed by atoms with Gasteiger partial charge in [-0.25, -0.2) is 0 Å². The van der Waals surface area contributed by atoms with Crippen LogP contribution in [0.15, 0.2) is 24.3 Å². The SMILES string of the molecule is CCCC(=O)CCCCCCCC(=O)/C=C/CCCCCCC/C=C/C(=O)CC. The number of carbonyl (C=O) groups is 3. The summed E-state index contributed by atoms with van der Waals surface area (Å²) in [6.45, 7) is 3.93. The number of Topliss-reactive ketones (excluding diaryl/α,β-unsaturated/α-hetero) is 1. The summed E-state index contributed by atoms with van der Waals surface area (Å²) in [6, 6.07) is 0. The first-order valence-corrected chi connectivity index (χ1v) is 12.0. The van der Waals surface area contributed by atoms with Crippen molar-refractivity contribution in [1.82, 2.24) is 0 Å². The lowest BCUT2D eigenvalue weighted by Crippen LogP contribution is -1.96. The fourth-order valence-electron chi connectivity index (χ4n) is 3.24. The van der Waals surface area contributed by atoms with E-state index in [1.165, 1.54) is 19.3 Å². The number of unbranched alkanes of at least 4 members (excludes halogenated alkanes) is 10. The Kier molecular flexibility index (Phi) is 20.1. The van der Waals surface area contributed by atoms with Gasteiger partial charge in [-0.3, -0.25) is 14.4 Å². The van der Waals surface area contributed by atoms with Crippen LogP contribution >= 0.6 is 0 Å². The Bertz CT molecular complexity index is 488. The standard InChI is InChI=1S/C26H44O3/c1-3-19-25(28)21-16-13-10-14-18-23-26(29)22-17-12-9-7-5-6-8-11-15-20-24(27)4-2/h15,17,20,22H,3-14,16,18-19,21,23H2,1-2H3/b20-15+,22-17+. The normalized spacial score (nSPS) is 11.5. The third-order valence-electron chi connectivity index (χ3n) is 5.11. The first kappa shape index (κ1) is 27.5. The number of rotatable bonds is 21. The summed E-state index contributed by atoms with van der Waals surface area (Å²) in [5.74, 6) is 0.850. The summed E-state index contributed by atoms with van der Waals surface area (Å²) in [5, 5.41) is 0. The molecule has 0 rings (SSSR count). The third kappa shape index (κ3) is 21.0. The lowest BCUT2D eigenvalue weighted by atomic mass is 10.0. The summed E-state index contributed by atoms with van der Waals surface area (Å²) in [5.41, 5.74) is 0. The van der Waals surface area contributed by atoms with Crippen LogP contribution in [0.3, 0.4) is 0 Å². The Morgan fingerprint density at radius 3 is 1.59 bits per heavy atom. The van der Waals surface area contributed by atoms with Crippen molar-refractivity contribution >= 4 is 17.3 Å². The molecule has 0 saturated heterocycles. The Morgan fingerprint density at radius 1 is 0.552 bits per heavy atom. The van der Waals surface area contributed by atoms with Crippen molar-refractivity contribution in [2.45, 2.75) is 123 Å². The molecule has 0 atom stereocenters. The molecule has 0 N–H and O–H groups in total. The van der Waals surface area contributed by atoms with E-state index in [9.17, 15) is 14.4 Å². The third-order valence-corrected chi connectivity index (χ3v) is 5.11. The van der Waals surface area contributed by atoms with E-state index in [1.54, 1.807) is 12.2 Å². The van der Waals surface area contributed by atoms with Crippen molar-refractivity contribution in [3.05, 3.63) is 24.3 Å². The van der Waals surface area contributed by atoms with Gasteiger partial charge in [0.05, 0.1) is 0 Å². The van der Waals surface area contributed by atoms with Crippen molar-refractivity contribution in [1.29, 1.82) is 0 Å². The zero-order valence-corrected chi connectivity index (χ0v) is 19.1. The predicted molar refractivity (Wildman–Crippen MR) is 123 cm³/mol. The minimum absolute atomic E-state index is 0.210. The molecule has 0 fully saturated rings. The summed E-state index contributed by atoms with van der Waals surface area (Å²) in [7, 11) is 0. The number of hydrogen-bond donors (Lipinski definition) is 0. The number of allylic oxidation sites excluding steroid dienone is 4. The van der Waals surface area contributed by atoms with Crippen LogP contribution in [0.2, 0.25) is 0 Å². The fourth-order valence-corrected chi connectivity index (χ4v) is 3.24. The van der Waals surface area contributed by atoms with Crippen molar-refractivity contribution in [3.63, 3.8) is 0 Å². The minimum atomic E-state index is 0.210. The Morgan fingerprint density at radius 2 is 1.03 bits per heavy atom. The zero-order valence-electron chi connectivity index (χ0n) is 19.1. The quantitative estimate of drug-likeness (QED) is 0.147. The number of ketones is 3. The van der Waals surface area contributed by atoms with Gasteiger partial charge in [-0.1, -0.05) is 64.5 Å². The average molecular weight is 405 g/mol. The summed E-state index contributed by atoms with van der Waals surface area (Å²) in [4.78, 5) is 34.4. The van der Waals surface area contributed by atoms with Crippen LogP contribution in [0, 0.1) is 0 Å². The van der Waals surface area contributed by atoms with Crippen LogP contribution < -0.4 is 0 Å². The lowest BCUT2D eigenvalue weighted by Gasteiger charge is -2.01. The molecule has 3 heteroatoms. The second kappa shape index (κ2) is 21.2. The van der Waals surface area contributed by atoms with Gasteiger partial charge in [0.1, 0.15) is 5.78 Å². The molecular weight excluding hydrogens is 360 g/mol. The lowest BCUT2D eigenvalue weighted by molar-refractivity contribution is -0.119. The van der Waals surface area contributed by atoms with Gasteiger partial charge < -0.3 is 0 Å². The highest BCUT2D eigenvalue weighted by Gasteiger charge is 2.01. The van der Waals surface area contributed by atoms with Crippen molar-refractivity contribution in [2.24, 2.45) is 0 Å². The average Bonchev–Trinajstić information content (AvgIpc) is 2.71. The molecule has 3 nitrogen and oxygen atoms in total. The van der Waals surface area contributed by atoms with E-state index in [1.807, 2.05) is 26.0 Å². The van der Waals surface area contributed by atoms with Gasteiger partial charge >= 0.3 is 0 Å². The number of hydrogen-bond acceptors (Lipinski definition) is 3. The predicted octanol–water partition coefficient (Wildman–Crippen LogP) is 7.48. The van der Waals surface area contributed by atoms with Gasteiger partial charge in [0.15, 0.2) is 11.6 Å². The van der Waals surface area contributed by atoms with E-state index in [0.29, 0.717) is 18.6 Å². The molecule has 0 spiro atoms. The highest BCUT2D eigenvalue weighted by atomic mass is 16.1. The van der Waals surface area contributed by atoms with E-state index in [4.69, 9.17) is 0 Å². The second-order valence-electron chi connectivity index (χ2n) is 7.99. The topological polar surface area (TPSA) is 51.2 Å². The molecule has 0 aromatic heterocycles. The monoisotopic (exact) mass is 404 g/mol. The second-order valence-corrected chi connectivity index (χ2v) is 7.99. The van der Waals surface area contributed by atoms with Crippen molar-refractivity contribution in [2.75, 3.05) is 0 Å². The van der Waals surface area contributed by atoms with Gasteiger partial charge in [0.25, 0.3) is 0 Å². The van der Waals surface area contributed by atoms with E-state index in [-0.39, 0.29) is 11.6 Å². The molecule has 0 heterocycles. The van der Waals surface area contributed by atoms with Crippen molar-refractivity contribution < 1.29 is 14.4 Å². The zero-order chi connectivity index (χ0) is 21.6. The Labute approximate surface area is 179 Å². The molecule has 29 heavy (non-hydrogen) atoms. The summed E-state index contributed by atoms with van der Waals surface area (Å²) >= 11 is 0. The molecule has 0 aliphatic heterocycles. The van der Waals surface area contributed by atoms with Gasteiger partial charge in [-0.2, -0.15) is 0 Å². The van der Waals surface area contributed by atoms with Crippen LogP contribution in [-0.4, -0.2) is 17.3 Å². The maximum atomic E-state index is 11.8. The maximum absolute atomic E-state index is 11.8. The van der Waals surface area contributed by atoms with E-state index >= 15 is 0 Å². The van der Waals surface area contributed by atoms with Gasteiger partial charge in [0, 0.05) is 25.7 Å². The largest absolute Gasteiger partial charge is 0.300 e. The molecule has 0 aliphatic rings. The highest BCUT2D eigenvalue weighted by Crippen LogP contribution is 2.10. The van der Waals surface area contributed by atoms with E-state index in [0.717, 1.165) is 77.0 Å². The number of carbonyl (C=O) groups excluding carboxylic acids is 3. The molecule has 0 aliphatic carbocycles. The van der Waals surface area contributed by atoms with Crippen molar-refractivity contribution in [3.8, 4) is 0 Å². The van der Waals surface area contributed by atoms with E-state index in [2.05, 4.69) is 0 Å². The van der Waals surface area contributed by atoms with Gasteiger partial charge in [-0.15, -0.1) is 0 Å². The molecule has 0 bridgehead atoms. The molecule has 166 valence electrons. The summed E-state index contributed by atoms with van der Waals surface area (Å²) in [6.07, 6.45) is 24.3. The van der Waals surface area contributed by atoms with Crippen LogP contribution in [0.25, 0.3) is 0 Å². The molecule has 0 radical (unpaired) electrons. The molecule has 0 unspecified atom stereocenters. The minimum Gasteiger partial charge on any atom is -0.300 e. The molecule has 0 aromatic rings. The smallest absolute Gasteiger partial charge is 0.155 e. The molecule has 0 amide bonds. The molecule has 0 aromatic carbocycles. The molecular formula is C26H44O3. The molecule has 0 saturated carbocycles. The van der Waals surface area contributed by atoms with Crippen LogP contribution in [0.5, 0.6) is 0 Å². The highest BCUT2D eigenvalue weighted by molar-refractivity contribution is 5.89. The van der Waals surface area contributed by atoms with Crippen LogP contribution in [0.1, 0.15) is 123 Å². The first-order chi connectivity index (χ1) is 14.1. The Balaban J connectivity index is 3.40. The Hall–Kier alpha value is -1.51. The van der Waals surface area contributed by atoms with Gasteiger partial charge in [0.2, 0.25) is 0 Å². The van der Waals surface area contributed by atoms with Crippen LogP contribution in [0.4, 0.5) is 0 Å².